The average Bonchev–Trinajstić information content (AvgIpc) is 2.60. The summed E-state index contributed by atoms with van der Waals surface area (Å²) in [4.78, 5) is 0. The Kier molecular flexibility index (Phi) is 3.12. The first kappa shape index (κ1) is 12.7. The predicted octanol–water partition coefficient (Wildman–Crippen LogP) is 5.36. The minimum Gasteiger partial charge on any atom is -0.0870 e. The summed E-state index contributed by atoms with van der Waals surface area (Å²) in [6.07, 6.45) is 11.0. The van der Waals surface area contributed by atoms with Gasteiger partial charge in [-0.15, -0.1) is 0 Å². The second kappa shape index (κ2) is 4.67. The number of rotatable bonds is 1. The second-order valence-electron chi connectivity index (χ2n) is 6.54. The van der Waals surface area contributed by atoms with Gasteiger partial charge in [0, 0.05) is 5.92 Å². The van der Waals surface area contributed by atoms with Crippen molar-refractivity contribution in [1.29, 1.82) is 0 Å². The maximum Gasteiger partial charge on any atom is 0.0231 e. The Morgan fingerprint density at radius 3 is 2.84 bits per heavy atom. The van der Waals surface area contributed by atoms with Crippen LogP contribution in [0.4, 0.5) is 0 Å². The Balaban J connectivity index is 2.18. The largest absolute Gasteiger partial charge is 0.0870 e. The molecule has 0 saturated carbocycles. The Hall–Kier alpha value is -1.30. The summed E-state index contributed by atoms with van der Waals surface area (Å²) in [5.41, 5.74) is 5.06. The zero-order valence-electron chi connectivity index (χ0n) is 12.3. The van der Waals surface area contributed by atoms with Gasteiger partial charge in [0.25, 0.3) is 0 Å². The van der Waals surface area contributed by atoms with Crippen molar-refractivity contribution >= 4 is 0 Å². The predicted molar refractivity (Wildman–Crippen MR) is 82.4 cm³/mol. The van der Waals surface area contributed by atoms with Crippen molar-refractivity contribution in [2.24, 2.45) is 5.92 Å². The highest BCUT2D eigenvalue weighted by Gasteiger charge is 2.36. The fraction of sp³-hybridized carbons (Fsp3) is 0.474. The van der Waals surface area contributed by atoms with E-state index in [9.17, 15) is 0 Å². The first-order chi connectivity index (χ1) is 9.14. The maximum atomic E-state index is 2.54. The summed E-state index contributed by atoms with van der Waals surface area (Å²) in [5, 5.41) is 0. The molecule has 0 aliphatic heterocycles. The van der Waals surface area contributed by atoms with Crippen molar-refractivity contribution in [2.75, 3.05) is 0 Å². The first-order valence-electron chi connectivity index (χ1n) is 7.60. The van der Waals surface area contributed by atoms with Gasteiger partial charge in [-0.25, -0.2) is 0 Å². The van der Waals surface area contributed by atoms with Crippen molar-refractivity contribution in [3.05, 3.63) is 59.2 Å². The lowest BCUT2D eigenvalue weighted by Crippen LogP contribution is -2.29. The number of fused-ring (bicyclic) bond motifs is 3. The maximum absolute atomic E-state index is 2.54. The number of hydrogen-bond donors (Lipinski definition) is 0. The van der Waals surface area contributed by atoms with Crippen molar-refractivity contribution in [1.82, 2.24) is 0 Å². The van der Waals surface area contributed by atoms with Gasteiger partial charge >= 0.3 is 0 Å². The van der Waals surface area contributed by atoms with E-state index in [4.69, 9.17) is 0 Å². The third-order valence-corrected chi connectivity index (χ3v) is 5.06. The van der Waals surface area contributed by atoms with Crippen LogP contribution in [0.25, 0.3) is 0 Å². The summed E-state index contributed by atoms with van der Waals surface area (Å²) < 4.78 is 0. The minimum absolute atomic E-state index is 0.316. The van der Waals surface area contributed by atoms with Crippen molar-refractivity contribution in [2.45, 2.75) is 51.4 Å². The lowest BCUT2D eigenvalue weighted by atomic mass is 9.64. The lowest BCUT2D eigenvalue weighted by Gasteiger charge is -2.40. The summed E-state index contributed by atoms with van der Waals surface area (Å²) in [6, 6.07) is 9.07. The smallest absolute Gasteiger partial charge is 0.0231 e. The van der Waals surface area contributed by atoms with Gasteiger partial charge in [-0.1, -0.05) is 68.8 Å². The van der Waals surface area contributed by atoms with E-state index in [2.05, 4.69) is 63.3 Å². The van der Waals surface area contributed by atoms with E-state index in [1.54, 1.807) is 11.1 Å². The molecule has 3 unspecified atom stereocenters. The molecule has 0 nitrogen and oxygen atoms in total. The molecule has 2 aliphatic carbocycles. The van der Waals surface area contributed by atoms with Gasteiger partial charge in [0.05, 0.1) is 0 Å². The molecule has 0 bridgehead atoms. The number of hydrogen-bond acceptors (Lipinski definition) is 0. The molecule has 3 atom stereocenters. The molecule has 0 radical (unpaired) electrons. The molecule has 0 aromatic heterocycles. The molecule has 100 valence electrons. The monoisotopic (exact) mass is 252 g/mol. The van der Waals surface area contributed by atoms with Gasteiger partial charge in [0.1, 0.15) is 0 Å². The van der Waals surface area contributed by atoms with E-state index in [0.717, 1.165) is 0 Å². The molecule has 1 aromatic rings. The van der Waals surface area contributed by atoms with E-state index in [0.29, 0.717) is 17.3 Å². The SMILES string of the molecule is CCC1(C)CC2=CC(C)CC=CC2c2ccccc21. The molecule has 0 heterocycles. The van der Waals surface area contributed by atoms with Gasteiger partial charge in [0.15, 0.2) is 0 Å². The molecular weight excluding hydrogens is 228 g/mol. The van der Waals surface area contributed by atoms with Crippen LogP contribution < -0.4 is 0 Å². The average molecular weight is 252 g/mol. The van der Waals surface area contributed by atoms with Crippen LogP contribution in [0.2, 0.25) is 0 Å². The van der Waals surface area contributed by atoms with Crippen LogP contribution in [0.15, 0.2) is 48.1 Å². The van der Waals surface area contributed by atoms with Crippen LogP contribution in [-0.2, 0) is 5.41 Å². The summed E-state index contributed by atoms with van der Waals surface area (Å²) >= 11 is 0. The van der Waals surface area contributed by atoms with Crippen LogP contribution >= 0.6 is 0 Å². The zero-order chi connectivity index (χ0) is 13.5. The van der Waals surface area contributed by atoms with Gasteiger partial charge in [-0.3, -0.25) is 0 Å². The molecule has 0 spiro atoms. The fourth-order valence-electron chi connectivity index (χ4n) is 3.74. The van der Waals surface area contributed by atoms with Gasteiger partial charge in [-0.2, -0.15) is 0 Å². The summed E-state index contributed by atoms with van der Waals surface area (Å²) in [7, 11) is 0. The Morgan fingerprint density at radius 2 is 2.05 bits per heavy atom. The summed E-state index contributed by atoms with van der Waals surface area (Å²) in [6.45, 7) is 7.10. The number of benzene rings is 1. The second-order valence-corrected chi connectivity index (χ2v) is 6.54. The standard InChI is InChI=1S/C19H24/c1-4-19(3)13-15-12-14(2)8-7-10-16(15)17-9-5-6-11-18(17)19/h5-7,9-12,14,16H,4,8,13H2,1-3H3. The zero-order valence-corrected chi connectivity index (χ0v) is 12.3. The fourth-order valence-corrected chi connectivity index (χ4v) is 3.74. The van der Waals surface area contributed by atoms with Crippen LogP contribution in [0.1, 0.15) is 57.1 Å². The molecule has 0 amide bonds. The molecule has 0 heteroatoms. The molecule has 3 rings (SSSR count). The van der Waals surface area contributed by atoms with E-state index in [-0.39, 0.29) is 0 Å². The highest BCUT2D eigenvalue weighted by atomic mass is 14.4. The third-order valence-electron chi connectivity index (χ3n) is 5.06. The molecule has 19 heavy (non-hydrogen) atoms. The molecule has 0 N–H and O–H groups in total. The highest BCUT2D eigenvalue weighted by molar-refractivity contribution is 5.49. The first-order valence-corrected chi connectivity index (χ1v) is 7.60. The Labute approximate surface area is 117 Å². The molecular formula is C19H24. The van der Waals surface area contributed by atoms with Gasteiger partial charge in [0.2, 0.25) is 0 Å². The van der Waals surface area contributed by atoms with Crippen molar-refractivity contribution < 1.29 is 0 Å². The molecule has 0 saturated heterocycles. The normalized spacial score (nSPS) is 33.1. The van der Waals surface area contributed by atoms with Crippen LogP contribution in [0.3, 0.4) is 0 Å². The molecule has 2 aliphatic rings. The number of allylic oxidation sites excluding steroid dienone is 4. The van der Waals surface area contributed by atoms with E-state index < -0.39 is 0 Å². The quantitative estimate of drug-likeness (QED) is 0.590. The summed E-state index contributed by atoms with van der Waals surface area (Å²) in [5.74, 6) is 1.21. The topological polar surface area (TPSA) is 0 Å². The van der Waals surface area contributed by atoms with Crippen molar-refractivity contribution in [3.8, 4) is 0 Å². The van der Waals surface area contributed by atoms with Crippen LogP contribution in [0, 0.1) is 5.92 Å². The van der Waals surface area contributed by atoms with E-state index in [1.807, 2.05) is 0 Å². The Morgan fingerprint density at radius 1 is 1.26 bits per heavy atom. The Bertz CT molecular complexity index is 535. The van der Waals surface area contributed by atoms with E-state index >= 15 is 0 Å². The van der Waals surface area contributed by atoms with Crippen LogP contribution in [-0.4, -0.2) is 0 Å². The third kappa shape index (κ3) is 2.08. The molecule has 1 aromatic carbocycles. The van der Waals surface area contributed by atoms with Crippen LogP contribution in [0.5, 0.6) is 0 Å². The van der Waals surface area contributed by atoms with Gasteiger partial charge < -0.3 is 0 Å². The van der Waals surface area contributed by atoms with Gasteiger partial charge in [-0.05, 0) is 41.7 Å². The lowest BCUT2D eigenvalue weighted by molar-refractivity contribution is 0.420. The van der Waals surface area contributed by atoms with E-state index in [1.165, 1.54) is 24.8 Å². The molecule has 0 fully saturated rings. The highest BCUT2D eigenvalue weighted by Crippen LogP contribution is 2.49. The van der Waals surface area contributed by atoms with Crippen molar-refractivity contribution in [3.63, 3.8) is 0 Å². The minimum atomic E-state index is 0.316.